The zero-order valence-electron chi connectivity index (χ0n) is 19.6. The first-order valence-electron chi connectivity index (χ1n) is 11.4. The molecule has 0 aliphatic heterocycles. The van der Waals surface area contributed by atoms with Gasteiger partial charge in [0, 0.05) is 5.56 Å². The van der Waals surface area contributed by atoms with Gasteiger partial charge < -0.3 is 10.8 Å². The van der Waals surface area contributed by atoms with Gasteiger partial charge in [0.15, 0.2) is 5.65 Å². The summed E-state index contributed by atoms with van der Waals surface area (Å²) in [6.45, 7) is 1.97. The number of halogens is 1. The summed E-state index contributed by atoms with van der Waals surface area (Å²) >= 11 is 6.54. The Bertz CT molecular complexity index is 1890. The maximum absolute atomic E-state index is 13.9. The monoisotopic (exact) mass is 509 g/mol. The third-order valence-corrected chi connectivity index (χ3v) is 6.56. The number of phenols is 1. The Morgan fingerprint density at radius 3 is 2.62 bits per heavy atom. The van der Waals surface area contributed by atoms with Gasteiger partial charge in [0.1, 0.15) is 36.0 Å². The number of aromatic nitrogens is 6. The molecule has 3 aromatic carbocycles. The molecule has 3 aromatic heterocycles. The van der Waals surface area contributed by atoms with Crippen LogP contribution in [0.2, 0.25) is 5.02 Å². The van der Waals surface area contributed by atoms with Crippen LogP contribution in [0.4, 0.5) is 5.82 Å². The van der Waals surface area contributed by atoms with Gasteiger partial charge in [0.2, 0.25) is 0 Å². The molecule has 0 saturated heterocycles. The van der Waals surface area contributed by atoms with E-state index in [9.17, 15) is 9.90 Å². The molecule has 3 heterocycles. The molecule has 0 atom stereocenters. The molecule has 0 amide bonds. The Morgan fingerprint density at radius 1 is 1.00 bits per heavy atom. The Balaban J connectivity index is 1.63. The fourth-order valence-electron chi connectivity index (χ4n) is 4.56. The fourth-order valence-corrected chi connectivity index (χ4v) is 4.78. The van der Waals surface area contributed by atoms with Crippen LogP contribution in [0.25, 0.3) is 38.9 Å². The van der Waals surface area contributed by atoms with E-state index in [1.807, 2.05) is 37.3 Å². The number of hydrogen-bond donors (Lipinski definition) is 2. The van der Waals surface area contributed by atoms with Crippen molar-refractivity contribution in [3.8, 4) is 22.7 Å². The van der Waals surface area contributed by atoms with Crippen molar-refractivity contribution in [2.75, 3.05) is 5.73 Å². The first kappa shape index (κ1) is 22.7. The summed E-state index contributed by atoms with van der Waals surface area (Å²) in [5, 5.41) is 16.3. The number of nitrogen functional groups attached to an aromatic ring is 1. The summed E-state index contributed by atoms with van der Waals surface area (Å²) in [4.78, 5) is 27.3. The number of nitrogens with zero attached hydrogens (tertiary/aromatic N) is 6. The second-order valence-corrected chi connectivity index (χ2v) is 9.01. The molecule has 0 unspecified atom stereocenters. The summed E-state index contributed by atoms with van der Waals surface area (Å²) in [5.74, 6) is 0.759. The summed E-state index contributed by atoms with van der Waals surface area (Å²) in [6.07, 6.45) is 1.36. The van der Waals surface area contributed by atoms with Crippen LogP contribution in [-0.2, 0) is 6.54 Å². The molecular weight excluding hydrogens is 490 g/mol. The molecule has 10 heteroatoms. The maximum Gasteiger partial charge on any atom is 0.266 e. The number of hydrogen-bond acceptors (Lipinski definition) is 7. The predicted octanol–water partition coefficient (Wildman–Crippen LogP) is 4.49. The highest BCUT2D eigenvalue weighted by atomic mass is 35.5. The first-order valence-corrected chi connectivity index (χ1v) is 11.8. The minimum atomic E-state index is -0.231. The van der Waals surface area contributed by atoms with Crippen LogP contribution in [0.15, 0.2) is 77.9 Å². The Hall–Kier alpha value is -4.76. The Morgan fingerprint density at radius 2 is 1.81 bits per heavy atom. The van der Waals surface area contributed by atoms with Crippen LogP contribution < -0.4 is 11.3 Å². The van der Waals surface area contributed by atoms with Crippen LogP contribution in [-0.4, -0.2) is 34.4 Å². The third-order valence-electron chi connectivity index (χ3n) is 6.24. The number of rotatable bonds is 4. The lowest BCUT2D eigenvalue weighted by Gasteiger charge is -2.16. The van der Waals surface area contributed by atoms with Crippen LogP contribution in [0, 0.1) is 6.92 Å². The number of aryl methyl sites for hydroxylation is 1. The molecule has 0 aliphatic rings. The standard InChI is InChI=1S/C27H20ClN7O2/c1-15-6-4-10-19-22(15)27(37)35(20-11-3-2-9-18(20)28)21(32-19)13-34-26-23(25(29)30-14-31-26)24(33-34)16-7-5-8-17(36)12-16/h2-12,14,36H,13H2,1H3,(H2,29,30,31). The number of nitrogens with two attached hydrogens (primary N) is 1. The number of aromatic hydroxyl groups is 1. The van der Waals surface area contributed by atoms with Crippen molar-refractivity contribution in [3.05, 3.63) is 99.8 Å². The SMILES string of the molecule is Cc1cccc2nc(Cn3nc(-c4cccc(O)c4)c4c(N)ncnc43)n(-c3ccccc3Cl)c(=O)c12. The van der Waals surface area contributed by atoms with Crippen molar-refractivity contribution in [2.24, 2.45) is 0 Å². The minimum absolute atomic E-state index is 0.0924. The lowest BCUT2D eigenvalue weighted by molar-refractivity contribution is 0.475. The van der Waals surface area contributed by atoms with E-state index in [1.54, 1.807) is 41.1 Å². The van der Waals surface area contributed by atoms with Crippen molar-refractivity contribution in [1.29, 1.82) is 0 Å². The van der Waals surface area contributed by atoms with Gasteiger partial charge in [-0.1, -0.05) is 48.0 Å². The highest BCUT2D eigenvalue weighted by Gasteiger charge is 2.21. The van der Waals surface area contributed by atoms with Crippen LogP contribution >= 0.6 is 11.6 Å². The second kappa shape index (κ2) is 8.72. The predicted molar refractivity (Wildman–Crippen MR) is 143 cm³/mol. The summed E-state index contributed by atoms with van der Waals surface area (Å²) in [7, 11) is 0. The third kappa shape index (κ3) is 3.76. The lowest BCUT2D eigenvalue weighted by atomic mass is 10.1. The Labute approximate surface area is 215 Å². The van der Waals surface area contributed by atoms with Crippen LogP contribution in [0.3, 0.4) is 0 Å². The van der Waals surface area contributed by atoms with Gasteiger partial charge in [0.25, 0.3) is 5.56 Å². The van der Waals surface area contributed by atoms with Gasteiger partial charge in [-0.15, -0.1) is 0 Å². The van der Waals surface area contributed by atoms with Crippen molar-refractivity contribution in [1.82, 2.24) is 29.3 Å². The van der Waals surface area contributed by atoms with Gasteiger partial charge in [-0.05, 0) is 42.8 Å². The van der Waals surface area contributed by atoms with E-state index in [2.05, 4.69) is 9.97 Å². The van der Waals surface area contributed by atoms with Gasteiger partial charge in [0.05, 0.1) is 27.0 Å². The van der Waals surface area contributed by atoms with E-state index in [1.165, 1.54) is 10.9 Å². The summed E-state index contributed by atoms with van der Waals surface area (Å²) in [5.41, 5.74) is 9.54. The molecule has 182 valence electrons. The first-order chi connectivity index (χ1) is 17.9. The largest absolute Gasteiger partial charge is 0.508 e. The number of anilines is 1. The second-order valence-electron chi connectivity index (χ2n) is 8.60. The number of benzene rings is 3. The summed E-state index contributed by atoms with van der Waals surface area (Å²) in [6, 6.07) is 19.4. The molecule has 37 heavy (non-hydrogen) atoms. The van der Waals surface area contributed by atoms with Crippen LogP contribution in [0.1, 0.15) is 11.4 Å². The smallest absolute Gasteiger partial charge is 0.266 e. The van der Waals surface area contributed by atoms with Crippen molar-refractivity contribution in [3.63, 3.8) is 0 Å². The molecule has 0 fully saturated rings. The highest BCUT2D eigenvalue weighted by Crippen LogP contribution is 2.32. The number of phenolic OH excluding ortho intramolecular Hbond substituents is 1. The zero-order chi connectivity index (χ0) is 25.7. The highest BCUT2D eigenvalue weighted by molar-refractivity contribution is 6.32. The van der Waals surface area contributed by atoms with E-state index in [4.69, 9.17) is 27.4 Å². The van der Waals surface area contributed by atoms with Gasteiger partial charge in [-0.3, -0.25) is 9.36 Å². The van der Waals surface area contributed by atoms with E-state index in [0.717, 1.165) is 5.56 Å². The molecule has 3 N–H and O–H groups in total. The topological polar surface area (TPSA) is 125 Å². The minimum Gasteiger partial charge on any atom is -0.508 e. The molecule has 0 bridgehead atoms. The molecule has 0 spiro atoms. The average Bonchev–Trinajstić information content (AvgIpc) is 3.25. The number of para-hydroxylation sites is 1. The lowest BCUT2D eigenvalue weighted by Crippen LogP contribution is -2.26. The zero-order valence-corrected chi connectivity index (χ0v) is 20.4. The van der Waals surface area contributed by atoms with Crippen molar-refractivity contribution < 1.29 is 5.11 Å². The maximum atomic E-state index is 13.9. The van der Waals surface area contributed by atoms with Crippen molar-refractivity contribution in [2.45, 2.75) is 13.5 Å². The van der Waals surface area contributed by atoms with E-state index in [-0.39, 0.29) is 23.7 Å². The Kier molecular flexibility index (Phi) is 5.35. The van der Waals surface area contributed by atoms with Crippen molar-refractivity contribution >= 4 is 39.4 Å². The normalized spacial score (nSPS) is 11.4. The molecular formula is C27H20ClN7O2. The average molecular weight is 510 g/mol. The van der Waals surface area contributed by atoms with Gasteiger partial charge in [-0.2, -0.15) is 5.10 Å². The molecule has 9 nitrogen and oxygen atoms in total. The van der Waals surface area contributed by atoms with Gasteiger partial charge >= 0.3 is 0 Å². The quantitative estimate of drug-likeness (QED) is 0.358. The van der Waals surface area contributed by atoms with E-state index in [0.29, 0.717) is 49.7 Å². The molecule has 6 rings (SSSR count). The summed E-state index contributed by atoms with van der Waals surface area (Å²) < 4.78 is 3.15. The van der Waals surface area contributed by atoms with Gasteiger partial charge in [-0.25, -0.2) is 19.6 Å². The van der Waals surface area contributed by atoms with E-state index >= 15 is 0 Å². The van der Waals surface area contributed by atoms with E-state index < -0.39 is 0 Å². The fraction of sp³-hybridized carbons (Fsp3) is 0.0741. The van der Waals surface area contributed by atoms with Crippen LogP contribution in [0.5, 0.6) is 5.75 Å². The molecule has 6 aromatic rings. The molecule has 0 aliphatic carbocycles. The number of fused-ring (bicyclic) bond motifs is 2. The molecule has 0 saturated carbocycles. The molecule has 0 radical (unpaired) electrons.